The van der Waals surface area contributed by atoms with Crippen LogP contribution in [0.1, 0.15) is 39.2 Å². The summed E-state index contributed by atoms with van der Waals surface area (Å²) in [7, 11) is 0. The molecule has 0 aliphatic carbocycles. The number of hydrogen-bond donors (Lipinski definition) is 1. The lowest BCUT2D eigenvalue weighted by molar-refractivity contribution is -0.137. The van der Waals surface area contributed by atoms with Gasteiger partial charge in [-0.3, -0.25) is 14.2 Å². The average Bonchev–Trinajstić information content (AvgIpc) is 3.17. The molecule has 1 N–H and O–H groups in total. The zero-order chi connectivity index (χ0) is 25.7. The molecule has 36 heavy (non-hydrogen) atoms. The number of thiazole rings is 1. The largest absolute Gasteiger partial charge is 0.418 e. The van der Waals surface area contributed by atoms with E-state index in [1.807, 2.05) is 18.2 Å². The minimum atomic E-state index is -4.62. The maximum absolute atomic E-state index is 13.7. The van der Waals surface area contributed by atoms with Crippen molar-refractivity contribution in [2.45, 2.75) is 32.4 Å². The molecule has 0 bridgehead atoms. The zero-order valence-corrected chi connectivity index (χ0v) is 20.5. The number of halogens is 3. The van der Waals surface area contributed by atoms with Crippen LogP contribution < -0.4 is 10.2 Å². The number of nitrogens with zero attached hydrogens (tertiary/aromatic N) is 1. The Morgan fingerprint density at radius 3 is 2.42 bits per heavy atom. The van der Waals surface area contributed by atoms with E-state index in [4.69, 9.17) is 0 Å². The topological polar surface area (TPSA) is 51.1 Å². The Hall–Kier alpha value is -3.65. The van der Waals surface area contributed by atoms with Gasteiger partial charge in [-0.2, -0.15) is 13.2 Å². The Morgan fingerprint density at radius 2 is 1.67 bits per heavy atom. The monoisotopic (exact) mass is 510 g/mol. The van der Waals surface area contributed by atoms with Gasteiger partial charge in [-0.25, -0.2) is 0 Å². The second-order valence-electron chi connectivity index (χ2n) is 8.40. The number of aromatic nitrogens is 1. The number of carbonyl (C=O) groups is 1. The molecule has 0 spiro atoms. The highest BCUT2D eigenvalue weighted by atomic mass is 32.1. The summed E-state index contributed by atoms with van der Waals surface area (Å²) < 4.78 is 42.1. The molecule has 8 heteroatoms. The highest BCUT2D eigenvalue weighted by molar-refractivity contribution is 7.09. The molecular weight excluding hydrogens is 485 g/mol. The number of rotatable bonds is 8. The first-order chi connectivity index (χ1) is 17.3. The van der Waals surface area contributed by atoms with E-state index < -0.39 is 16.6 Å². The molecule has 0 aliphatic heterocycles. The van der Waals surface area contributed by atoms with Crippen molar-refractivity contribution in [1.82, 2.24) is 9.88 Å². The molecule has 0 atom stereocenters. The molecule has 3 aromatic carbocycles. The third-order valence-corrected chi connectivity index (χ3v) is 6.71. The van der Waals surface area contributed by atoms with E-state index in [9.17, 15) is 22.8 Å². The molecule has 0 aliphatic rings. The maximum Gasteiger partial charge on any atom is 0.418 e. The summed E-state index contributed by atoms with van der Waals surface area (Å²) in [4.78, 5) is 25.6. The normalized spacial score (nSPS) is 11.4. The summed E-state index contributed by atoms with van der Waals surface area (Å²) in [5.74, 6) is -0.269. The van der Waals surface area contributed by atoms with E-state index in [-0.39, 0.29) is 11.6 Å². The molecule has 186 valence electrons. The highest BCUT2D eigenvalue weighted by Crippen LogP contribution is 2.36. The standard InChI is InChI=1S/C28H25F3N2O2S/c1-19-25(33(27(35)36-19)24-16-6-5-15-23(24)28(29,30)31)21-13-9-14-22(18-21)26(34)32-17-8-7-12-20-10-3-2-4-11-20/h2-6,9-11,13-16,18H,7-8,12,17H2,1H3,(H,32,34). The fourth-order valence-electron chi connectivity index (χ4n) is 4.14. The second kappa shape index (κ2) is 11.0. The van der Waals surface area contributed by atoms with Crippen molar-refractivity contribution in [2.24, 2.45) is 0 Å². The molecule has 1 aromatic heterocycles. The van der Waals surface area contributed by atoms with Crippen molar-refractivity contribution >= 4 is 17.2 Å². The van der Waals surface area contributed by atoms with Crippen LogP contribution in [0.25, 0.3) is 16.9 Å². The van der Waals surface area contributed by atoms with Gasteiger partial charge in [0.25, 0.3) is 5.91 Å². The highest BCUT2D eigenvalue weighted by Gasteiger charge is 2.35. The first-order valence-electron chi connectivity index (χ1n) is 11.6. The van der Waals surface area contributed by atoms with E-state index in [0.717, 1.165) is 41.2 Å². The van der Waals surface area contributed by atoms with Crippen LogP contribution in [-0.4, -0.2) is 17.0 Å². The van der Waals surface area contributed by atoms with Crippen LogP contribution in [-0.2, 0) is 12.6 Å². The summed E-state index contributed by atoms with van der Waals surface area (Å²) in [5, 5.41) is 2.91. The van der Waals surface area contributed by atoms with E-state index in [1.54, 1.807) is 31.2 Å². The van der Waals surface area contributed by atoms with Crippen LogP contribution in [0.2, 0.25) is 0 Å². The van der Waals surface area contributed by atoms with Gasteiger partial charge in [0.05, 0.1) is 16.9 Å². The number of carbonyl (C=O) groups excluding carboxylic acids is 1. The maximum atomic E-state index is 13.7. The van der Waals surface area contributed by atoms with Crippen LogP contribution in [0, 0.1) is 6.92 Å². The minimum Gasteiger partial charge on any atom is -0.352 e. The van der Waals surface area contributed by atoms with Crippen LogP contribution >= 0.6 is 11.3 Å². The smallest absolute Gasteiger partial charge is 0.352 e. The van der Waals surface area contributed by atoms with Gasteiger partial charge in [0.15, 0.2) is 0 Å². The van der Waals surface area contributed by atoms with E-state index in [0.29, 0.717) is 28.2 Å². The average molecular weight is 511 g/mol. The lowest BCUT2D eigenvalue weighted by Gasteiger charge is -2.16. The number of benzene rings is 3. The van der Waals surface area contributed by atoms with Crippen molar-refractivity contribution in [3.05, 3.63) is 110 Å². The van der Waals surface area contributed by atoms with E-state index >= 15 is 0 Å². The summed E-state index contributed by atoms with van der Waals surface area (Å²) in [6.07, 6.45) is -1.94. The SMILES string of the molecule is Cc1sc(=O)n(-c2ccccc2C(F)(F)F)c1-c1cccc(C(=O)NCCCCc2ccccc2)c1. The predicted molar refractivity (Wildman–Crippen MR) is 137 cm³/mol. The number of amides is 1. The lowest BCUT2D eigenvalue weighted by atomic mass is 10.1. The van der Waals surface area contributed by atoms with Crippen molar-refractivity contribution in [1.29, 1.82) is 0 Å². The van der Waals surface area contributed by atoms with Gasteiger partial charge in [0, 0.05) is 22.5 Å². The number of hydrogen-bond acceptors (Lipinski definition) is 3. The molecule has 0 radical (unpaired) electrons. The summed E-state index contributed by atoms with van der Waals surface area (Å²) >= 11 is 0.876. The predicted octanol–water partition coefficient (Wildman–Crippen LogP) is 6.65. The van der Waals surface area contributed by atoms with E-state index in [2.05, 4.69) is 17.4 Å². The van der Waals surface area contributed by atoms with Gasteiger partial charge in [-0.05, 0) is 56.0 Å². The van der Waals surface area contributed by atoms with Crippen molar-refractivity contribution < 1.29 is 18.0 Å². The van der Waals surface area contributed by atoms with Gasteiger partial charge in [-0.1, -0.05) is 65.9 Å². The van der Waals surface area contributed by atoms with Crippen LogP contribution in [0.4, 0.5) is 13.2 Å². The Labute approximate surface area is 211 Å². The fraction of sp³-hybridized carbons (Fsp3) is 0.214. The molecule has 1 heterocycles. The lowest BCUT2D eigenvalue weighted by Crippen LogP contribution is -2.24. The van der Waals surface area contributed by atoms with Crippen molar-refractivity contribution in [3.8, 4) is 16.9 Å². The number of nitrogens with one attached hydrogen (secondary N) is 1. The molecular formula is C28H25F3N2O2S. The third-order valence-electron chi connectivity index (χ3n) is 5.85. The number of para-hydroxylation sites is 1. The molecule has 4 aromatic rings. The molecule has 0 saturated heterocycles. The second-order valence-corrected chi connectivity index (χ2v) is 9.57. The molecule has 4 rings (SSSR count). The quantitative estimate of drug-likeness (QED) is 0.270. The van der Waals surface area contributed by atoms with Crippen molar-refractivity contribution in [3.63, 3.8) is 0 Å². The summed E-state index contributed by atoms with van der Waals surface area (Å²) in [6, 6.07) is 21.7. The molecule has 1 amide bonds. The van der Waals surface area contributed by atoms with Gasteiger partial charge in [0.2, 0.25) is 0 Å². The number of aryl methyl sites for hydroxylation is 2. The number of unbranched alkanes of at least 4 members (excludes halogenated alkanes) is 1. The first kappa shape index (κ1) is 25.4. The molecule has 0 unspecified atom stereocenters. The Balaban J connectivity index is 1.54. The zero-order valence-electron chi connectivity index (χ0n) is 19.6. The van der Waals surface area contributed by atoms with Gasteiger partial charge in [0.1, 0.15) is 0 Å². The van der Waals surface area contributed by atoms with Gasteiger partial charge in [-0.15, -0.1) is 0 Å². The Kier molecular flexibility index (Phi) is 7.74. The summed E-state index contributed by atoms with van der Waals surface area (Å²) in [5.41, 5.74) is 1.35. The van der Waals surface area contributed by atoms with Crippen LogP contribution in [0.15, 0.2) is 83.7 Å². The van der Waals surface area contributed by atoms with Crippen LogP contribution in [0.5, 0.6) is 0 Å². The Morgan fingerprint density at radius 1 is 0.944 bits per heavy atom. The van der Waals surface area contributed by atoms with Crippen molar-refractivity contribution in [2.75, 3.05) is 6.54 Å². The molecule has 0 saturated carbocycles. The fourth-order valence-corrected chi connectivity index (χ4v) is 4.99. The molecule has 4 nitrogen and oxygen atoms in total. The summed E-state index contributed by atoms with van der Waals surface area (Å²) in [6.45, 7) is 2.20. The Bertz CT molecular complexity index is 1410. The van der Waals surface area contributed by atoms with Crippen LogP contribution in [0.3, 0.4) is 0 Å². The van der Waals surface area contributed by atoms with Gasteiger partial charge >= 0.3 is 11.0 Å². The minimum absolute atomic E-state index is 0.234. The van der Waals surface area contributed by atoms with Gasteiger partial charge < -0.3 is 5.32 Å². The third kappa shape index (κ3) is 5.76. The number of alkyl halides is 3. The molecule has 0 fully saturated rings. The van der Waals surface area contributed by atoms with E-state index in [1.165, 1.54) is 23.8 Å². The first-order valence-corrected chi connectivity index (χ1v) is 12.4.